The zero-order valence-corrected chi connectivity index (χ0v) is 8.08. The van der Waals surface area contributed by atoms with Gasteiger partial charge in [-0.3, -0.25) is 4.79 Å². The van der Waals surface area contributed by atoms with Crippen LogP contribution in [0.4, 0.5) is 0 Å². The number of hydrogen-bond donors (Lipinski definition) is 3. The Balaban J connectivity index is 3.42. The standard InChI is InChI=1S/C9H17NO3/c1-7(2)3-4-10-6-8(11)5-9(12)13/h3,8,10-11H,4-6H2,1-2H3,(H,12,13). The quantitative estimate of drug-likeness (QED) is 0.415. The van der Waals surface area contributed by atoms with Crippen LogP contribution in [0.25, 0.3) is 0 Å². The fourth-order valence-electron chi connectivity index (χ4n) is 0.800. The molecule has 3 N–H and O–H groups in total. The van der Waals surface area contributed by atoms with Crippen LogP contribution in [0.5, 0.6) is 0 Å². The number of aliphatic carboxylic acids is 1. The summed E-state index contributed by atoms with van der Waals surface area (Å²) >= 11 is 0. The van der Waals surface area contributed by atoms with Gasteiger partial charge in [0.15, 0.2) is 0 Å². The number of nitrogens with one attached hydrogen (secondary N) is 1. The first-order valence-corrected chi connectivity index (χ1v) is 4.26. The number of rotatable bonds is 6. The number of aliphatic hydroxyl groups excluding tert-OH is 1. The maximum Gasteiger partial charge on any atom is 0.306 e. The average Bonchev–Trinajstić information content (AvgIpc) is 1.96. The van der Waals surface area contributed by atoms with E-state index < -0.39 is 12.1 Å². The van der Waals surface area contributed by atoms with Gasteiger partial charge in [0, 0.05) is 13.1 Å². The average molecular weight is 187 g/mol. The Morgan fingerprint density at radius 3 is 2.62 bits per heavy atom. The van der Waals surface area contributed by atoms with Crippen LogP contribution in [-0.2, 0) is 4.79 Å². The lowest BCUT2D eigenvalue weighted by Crippen LogP contribution is -2.28. The van der Waals surface area contributed by atoms with Gasteiger partial charge in [0.25, 0.3) is 0 Å². The van der Waals surface area contributed by atoms with Gasteiger partial charge in [-0.15, -0.1) is 0 Å². The molecular weight excluding hydrogens is 170 g/mol. The molecule has 0 amide bonds. The summed E-state index contributed by atoms with van der Waals surface area (Å²) in [5, 5.41) is 20.4. The number of carboxylic acid groups (broad SMARTS) is 1. The minimum Gasteiger partial charge on any atom is -0.481 e. The number of aliphatic hydroxyl groups is 1. The third kappa shape index (κ3) is 9.04. The first kappa shape index (κ1) is 12.1. The van der Waals surface area contributed by atoms with E-state index in [1.807, 2.05) is 19.9 Å². The molecule has 0 fully saturated rings. The molecule has 76 valence electrons. The van der Waals surface area contributed by atoms with Gasteiger partial charge in [0.05, 0.1) is 12.5 Å². The molecule has 0 aliphatic heterocycles. The summed E-state index contributed by atoms with van der Waals surface area (Å²) in [4.78, 5) is 10.2. The van der Waals surface area contributed by atoms with Crippen molar-refractivity contribution in [1.82, 2.24) is 5.32 Å². The molecule has 0 aromatic carbocycles. The highest BCUT2D eigenvalue weighted by molar-refractivity contribution is 5.67. The summed E-state index contributed by atoms with van der Waals surface area (Å²) < 4.78 is 0. The summed E-state index contributed by atoms with van der Waals surface area (Å²) in [6, 6.07) is 0. The zero-order valence-electron chi connectivity index (χ0n) is 8.08. The van der Waals surface area contributed by atoms with Crippen LogP contribution in [-0.4, -0.2) is 35.4 Å². The van der Waals surface area contributed by atoms with Crippen molar-refractivity contribution < 1.29 is 15.0 Å². The van der Waals surface area contributed by atoms with Crippen LogP contribution in [0.2, 0.25) is 0 Å². The topological polar surface area (TPSA) is 69.6 Å². The van der Waals surface area contributed by atoms with Gasteiger partial charge in [-0.2, -0.15) is 0 Å². The van der Waals surface area contributed by atoms with Crippen LogP contribution in [0.15, 0.2) is 11.6 Å². The molecule has 1 unspecified atom stereocenters. The summed E-state index contributed by atoms with van der Waals surface area (Å²) in [7, 11) is 0. The van der Waals surface area contributed by atoms with Gasteiger partial charge in [0.1, 0.15) is 0 Å². The van der Waals surface area contributed by atoms with Crippen molar-refractivity contribution in [2.75, 3.05) is 13.1 Å². The molecule has 0 saturated heterocycles. The van der Waals surface area contributed by atoms with E-state index in [1.165, 1.54) is 5.57 Å². The van der Waals surface area contributed by atoms with Gasteiger partial charge in [-0.1, -0.05) is 11.6 Å². The lowest BCUT2D eigenvalue weighted by molar-refractivity contribution is -0.139. The van der Waals surface area contributed by atoms with Crippen molar-refractivity contribution in [3.63, 3.8) is 0 Å². The maximum absolute atomic E-state index is 10.2. The molecule has 4 nitrogen and oxygen atoms in total. The van der Waals surface area contributed by atoms with E-state index in [2.05, 4.69) is 5.32 Å². The van der Waals surface area contributed by atoms with Gasteiger partial charge in [-0.25, -0.2) is 0 Å². The van der Waals surface area contributed by atoms with Crippen molar-refractivity contribution in [2.24, 2.45) is 0 Å². The number of carboxylic acids is 1. The Morgan fingerprint density at radius 1 is 1.54 bits per heavy atom. The highest BCUT2D eigenvalue weighted by atomic mass is 16.4. The van der Waals surface area contributed by atoms with Crippen molar-refractivity contribution >= 4 is 5.97 Å². The summed E-state index contributed by atoms with van der Waals surface area (Å²) in [6.45, 7) is 4.94. The fraction of sp³-hybridized carbons (Fsp3) is 0.667. The molecule has 0 spiro atoms. The molecule has 0 saturated carbocycles. The summed E-state index contributed by atoms with van der Waals surface area (Å²) in [5.74, 6) is -0.975. The molecule has 0 bridgehead atoms. The number of allylic oxidation sites excluding steroid dienone is 1. The molecule has 0 aliphatic rings. The third-order valence-electron chi connectivity index (χ3n) is 1.44. The lowest BCUT2D eigenvalue weighted by Gasteiger charge is -2.07. The molecular formula is C9H17NO3. The van der Waals surface area contributed by atoms with Crippen LogP contribution in [0.1, 0.15) is 20.3 Å². The minimum atomic E-state index is -0.975. The van der Waals surface area contributed by atoms with Gasteiger partial charge >= 0.3 is 5.97 Å². The van der Waals surface area contributed by atoms with E-state index in [0.717, 1.165) is 0 Å². The van der Waals surface area contributed by atoms with Crippen molar-refractivity contribution in [2.45, 2.75) is 26.4 Å². The monoisotopic (exact) mass is 187 g/mol. The molecule has 4 heteroatoms. The smallest absolute Gasteiger partial charge is 0.306 e. The molecule has 0 aromatic heterocycles. The van der Waals surface area contributed by atoms with E-state index in [-0.39, 0.29) is 6.42 Å². The van der Waals surface area contributed by atoms with E-state index >= 15 is 0 Å². The molecule has 0 heterocycles. The first-order chi connectivity index (χ1) is 6.02. The zero-order chi connectivity index (χ0) is 10.3. The Hall–Kier alpha value is -0.870. The maximum atomic E-state index is 10.2. The SMILES string of the molecule is CC(C)=CCNCC(O)CC(=O)O. The first-order valence-electron chi connectivity index (χ1n) is 4.26. The highest BCUT2D eigenvalue weighted by Gasteiger charge is 2.07. The molecule has 0 aromatic rings. The fourth-order valence-corrected chi connectivity index (χ4v) is 0.800. The predicted octanol–water partition coefficient (Wildman–Crippen LogP) is 0.378. The molecule has 0 aliphatic carbocycles. The number of carbonyl (C=O) groups is 1. The molecule has 1 atom stereocenters. The largest absolute Gasteiger partial charge is 0.481 e. The lowest BCUT2D eigenvalue weighted by atomic mass is 10.2. The Bertz CT molecular complexity index is 185. The minimum absolute atomic E-state index is 0.207. The van der Waals surface area contributed by atoms with Gasteiger partial charge in [-0.05, 0) is 13.8 Å². The van der Waals surface area contributed by atoms with Crippen LogP contribution < -0.4 is 5.32 Å². The van der Waals surface area contributed by atoms with Crippen molar-refractivity contribution in [3.05, 3.63) is 11.6 Å². The Labute approximate surface area is 78.3 Å². The normalized spacial score (nSPS) is 12.2. The molecule has 13 heavy (non-hydrogen) atoms. The molecule has 0 rings (SSSR count). The van der Waals surface area contributed by atoms with Gasteiger partial charge in [0.2, 0.25) is 0 Å². The van der Waals surface area contributed by atoms with E-state index in [0.29, 0.717) is 13.1 Å². The Morgan fingerprint density at radius 2 is 2.15 bits per heavy atom. The third-order valence-corrected chi connectivity index (χ3v) is 1.44. The second-order valence-corrected chi connectivity index (χ2v) is 3.19. The van der Waals surface area contributed by atoms with Crippen LogP contribution in [0.3, 0.4) is 0 Å². The van der Waals surface area contributed by atoms with Crippen LogP contribution in [0, 0.1) is 0 Å². The summed E-state index contributed by atoms with van der Waals surface area (Å²) in [5.41, 5.74) is 1.19. The van der Waals surface area contributed by atoms with Crippen LogP contribution >= 0.6 is 0 Å². The van der Waals surface area contributed by atoms with Crippen molar-refractivity contribution in [3.8, 4) is 0 Å². The molecule has 0 radical (unpaired) electrons. The second-order valence-electron chi connectivity index (χ2n) is 3.19. The summed E-state index contributed by atoms with van der Waals surface area (Å²) in [6.07, 6.45) is 0.970. The second kappa shape index (κ2) is 6.62. The van der Waals surface area contributed by atoms with E-state index in [9.17, 15) is 4.79 Å². The Kier molecular flexibility index (Phi) is 6.18. The van der Waals surface area contributed by atoms with E-state index in [1.54, 1.807) is 0 Å². The highest BCUT2D eigenvalue weighted by Crippen LogP contribution is 1.90. The van der Waals surface area contributed by atoms with Crippen molar-refractivity contribution in [1.29, 1.82) is 0 Å². The van der Waals surface area contributed by atoms with Gasteiger partial charge < -0.3 is 15.5 Å². The number of hydrogen-bond acceptors (Lipinski definition) is 3. The predicted molar refractivity (Wildman–Crippen MR) is 50.6 cm³/mol. The van der Waals surface area contributed by atoms with E-state index in [4.69, 9.17) is 10.2 Å².